The Morgan fingerprint density at radius 1 is 1.19 bits per heavy atom. The SMILES string of the molecule is O=C(O)CCSC[C@@H](O)COc1ccc2ccccc2c1. The molecule has 0 aromatic heterocycles. The molecule has 1 atom stereocenters. The predicted molar refractivity (Wildman–Crippen MR) is 85.0 cm³/mol. The van der Waals surface area contributed by atoms with Crippen LogP contribution in [0.25, 0.3) is 10.8 Å². The zero-order valence-electron chi connectivity index (χ0n) is 11.6. The smallest absolute Gasteiger partial charge is 0.304 e. The maximum absolute atomic E-state index is 10.4. The van der Waals surface area contributed by atoms with E-state index in [1.165, 1.54) is 11.8 Å². The van der Waals surface area contributed by atoms with Crippen molar-refractivity contribution in [2.45, 2.75) is 12.5 Å². The highest BCUT2D eigenvalue weighted by Gasteiger charge is 2.07. The van der Waals surface area contributed by atoms with Crippen LogP contribution in [0.2, 0.25) is 0 Å². The number of ether oxygens (including phenoxy) is 1. The van der Waals surface area contributed by atoms with Gasteiger partial charge in [-0.05, 0) is 22.9 Å². The largest absolute Gasteiger partial charge is 0.491 e. The van der Waals surface area contributed by atoms with Gasteiger partial charge in [-0.25, -0.2) is 0 Å². The molecule has 0 amide bonds. The average molecular weight is 306 g/mol. The molecule has 5 heteroatoms. The standard InChI is InChI=1S/C16H18O4S/c17-14(11-21-8-7-16(18)19)10-20-15-6-5-12-3-1-2-4-13(12)9-15/h1-6,9,14,17H,7-8,10-11H2,(H,18,19)/t14-/m0/s1. The summed E-state index contributed by atoms with van der Waals surface area (Å²) in [5.74, 6) is 0.885. The molecule has 0 fully saturated rings. The van der Waals surface area contributed by atoms with Crippen LogP contribution < -0.4 is 4.74 Å². The zero-order valence-corrected chi connectivity index (χ0v) is 12.4. The highest BCUT2D eigenvalue weighted by atomic mass is 32.2. The van der Waals surface area contributed by atoms with Gasteiger partial charge in [0.15, 0.2) is 0 Å². The van der Waals surface area contributed by atoms with Crippen LogP contribution in [0, 0.1) is 0 Å². The number of thioether (sulfide) groups is 1. The van der Waals surface area contributed by atoms with Gasteiger partial charge in [0.2, 0.25) is 0 Å². The molecule has 0 spiro atoms. The van der Waals surface area contributed by atoms with Crippen molar-refractivity contribution in [3.05, 3.63) is 42.5 Å². The number of aliphatic hydroxyl groups excluding tert-OH is 1. The second kappa shape index (κ2) is 7.90. The van der Waals surface area contributed by atoms with Crippen LogP contribution in [0.4, 0.5) is 0 Å². The summed E-state index contributed by atoms with van der Waals surface area (Å²) in [7, 11) is 0. The summed E-state index contributed by atoms with van der Waals surface area (Å²) in [4.78, 5) is 10.4. The van der Waals surface area contributed by atoms with Gasteiger partial charge in [0.05, 0.1) is 12.5 Å². The number of carboxylic acids is 1. The molecule has 0 unspecified atom stereocenters. The van der Waals surface area contributed by atoms with Gasteiger partial charge in [-0.2, -0.15) is 11.8 Å². The summed E-state index contributed by atoms with van der Waals surface area (Å²) >= 11 is 1.42. The Kier molecular flexibility index (Phi) is 5.90. The molecule has 2 aromatic carbocycles. The van der Waals surface area contributed by atoms with Gasteiger partial charge >= 0.3 is 5.97 Å². The third kappa shape index (κ3) is 5.28. The molecule has 0 aliphatic heterocycles. The lowest BCUT2D eigenvalue weighted by atomic mass is 10.1. The third-order valence-corrected chi connectivity index (χ3v) is 4.05. The number of rotatable bonds is 8. The molecule has 0 aliphatic rings. The van der Waals surface area contributed by atoms with Gasteiger partial charge in [0, 0.05) is 11.5 Å². The van der Waals surface area contributed by atoms with Gasteiger partial charge in [0.25, 0.3) is 0 Å². The molecule has 0 radical (unpaired) electrons. The number of carbonyl (C=O) groups is 1. The fourth-order valence-electron chi connectivity index (χ4n) is 1.88. The van der Waals surface area contributed by atoms with Gasteiger partial charge in [-0.3, -0.25) is 4.79 Å². The second-order valence-electron chi connectivity index (χ2n) is 4.69. The van der Waals surface area contributed by atoms with Gasteiger partial charge in [0.1, 0.15) is 12.4 Å². The summed E-state index contributed by atoms with van der Waals surface area (Å²) in [5.41, 5.74) is 0. The molecule has 2 rings (SSSR count). The molecule has 0 heterocycles. The Labute approximate surface area is 127 Å². The van der Waals surface area contributed by atoms with Gasteiger partial charge in [-0.1, -0.05) is 30.3 Å². The van der Waals surface area contributed by atoms with Crippen LogP contribution in [0.5, 0.6) is 5.75 Å². The zero-order chi connectivity index (χ0) is 15.1. The van der Waals surface area contributed by atoms with Crippen molar-refractivity contribution >= 4 is 28.5 Å². The average Bonchev–Trinajstić information content (AvgIpc) is 2.49. The quantitative estimate of drug-likeness (QED) is 0.734. The number of aliphatic carboxylic acids is 1. The molecular formula is C16H18O4S. The minimum absolute atomic E-state index is 0.114. The molecule has 0 aliphatic carbocycles. The van der Waals surface area contributed by atoms with E-state index in [2.05, 4.69) is 0 Å². The van der Waals surface area contributed by atoms with E-state index < -0.39 is 12.1 Å². The Bertz CT molecular complexity index is 600. The lowest BCUT2D eigenvalue weighted by Gasteiger charge is -2.12. The molecule has 0 saturated carbocycles. The van der Waals surface area contributed by atoms with Crippen molar-refractivity contribution in [1.82, 2.24) is 0 Å². The molecule has 0 bridgehead atoms. The molecule has 4 nitrogen and oxygen atoms in total. The Hall–Kier alpha value is -1.72. The first kappa shape index (κ1) is 15.7. The van der Waals surface area contributed by atoms with E-state index in [0.717, 1.165) is 16.5 Å². The highest BCUT2D eigenvalue weighted by Crippen LogP contribution is 2.20. The van der Waals surface area contributed by atoms with E-state index in [0.29, 0.717) is 11.5 Å². The number of hydrogen-bond donors (Lipinski definition) is 2. The first-order chi connectivity index (χ1) is 10.1. The number of carboxylic acid groups (broad SMARTS) is 1. The lowest BCUT2D eigenvalue weighted by Crippen LogP contribution is -2.20. The molecule has 2 aromatic rings. The maximum atomic E-state index is 10.4. The highest BCUT2D eigenvalue weighted by molar-refractivity contribution is 7.99. The van der Waals surface area contributed by atoms with E-state index in [9.17, 15) is 9.90 Å². The number of fused-ring (bicyclic) bond motifs is 1. The molecular weight excluding hydrogens is 288 g/mol. The van der Waals surface area contributed by atoms with Crippen LogP contribution in [0.1, 0.15) is 6.42 Å². The third-order valence-electron chi connectivity index (χ3n) is 2.93. The fourth-order valence-corrected chi connectivity index (χ4v) is 2.73. The normalized spacial score (nSPS) is 12.2. The van der Waals surface area contributed by atoms with Gasteiger partial charge < -0.3 is 14.9 Å². The fraction of sp³-hybridized carbons (Fsp3) is 0.312. The Morgan fingerprint density at radius 3 is 2.71 bits per heavy atom. The first-order valence-electron chi connectivity index (χ1n) is 6.74. The summed E-state index contributed by atoms with van der Waals surface area (Å²) in [5, 5.41) is 20.6. The van der Waals surface area contributed by atoms with Crippen molar-refractivity contribution in [1.29, 1.82) is 0 Å². The summed E-state index contributed by atoms with van der Waals surface area (Å²) in [6.45, 7) is 0.207. The summed E-state index contributed by atoms with van der Waals surface area (Å²) in [6, 6.07) is 13.8. The first-order valence-corrected chi connectivity index (χ1v) is 7.90. The van der Waals surface area contributed by atoms with Crippen molar-refractivity contribution in [2.24, 2.45) is 0 Å². The van der Waals surface area contributed by atoms with E-state index in [-0.39, 0.29) is 13.0 Å². The minimum atomic E-state index is -0.815. The van der Waals surface area contributed by atoms with Crippen LogP contribution in [0.15, 0.2) is 42.5 Å². The minimum Gasteiger partial charge on any atom is -0.491 e. The summed E-state index contributed by atoms with van der Waals surface area (Å²) < 4.78 is 5.57. The topological polar surface area (TPSA) is 66.8 Å². The van der Waals surface area contributed by atoms with Crippen LogP contribution in [-0.2, 0) is 4.79 Å². The van der Waals surface area contributed by atoms with E-state index in [1.54, 1.807) is 0 Å². The van der Waals surface area contributed by atoms with Crippen molar-refractivity contribution in [3.8, 4) is 5.75 Å². The number of aliphatic hydroxyl groups is 1. The molecule has 21 heavy (non-hydrogen) atoms. The van der Waals surface area contributed by atoms with Crippen molar-refractivity contribution < 1.29 is 19.7 Å². The molecule has 0 saturated heterocycles. The van der Waals surface area contributed by atoms with Crippen LogP contribution in [-0.4, -0.2) is 40.4 Å². The monoisotopic (exact) mass is 306 g/mol. The predicted octanol–water partition coefficient (Wildman–Crippen LogP) is 2.79. The van der Waals surface area contributed by atoms with Crippen LogP contribution >= 0.6 is 11.8 Å². The second-order valence-corrected chi connectivity index (χ2v) is 5.84. The van der Waals surface area contributed by atoms with Gasteiger partial charge in [-0.15, -0.1) is 0 Å². The summed E-state index contributed by atoms with van der Waals surface area (Å²) in [6.07, 6.45) is -0.488. The molecule has 112 valence electrons. The maximum Gasteiger partial charge on any atom is 0.304 e. The van der Waals surface area contributed by atoms with Crippen molar-refractivity contribution in [3.63, 3.8) is 0 Å². The van der Waals surface area contributed by atoms with Crippen LogP contribution in [0.3, 0.4) is 0 Å². The van der Waals surface area contributed by atoms with E-state index in [1.807, 2.05) is 42.5 Å². The number of hydrogen-bond acceptors (Lipinski definition) is 4. The van der Waals surface area contributed by atoms with Crippen molar-refractivity contribution in [2.75, 3.05) is 18.1 Å². The Morgan fingerprint density at radius 2 is 1.95 bits per heavy atom. The molecule has 2 N–H and O–H groups in total. The van der Waals surface area contributed by atoms with E-state index in [4.69, 9.17) is 9.84 Å². The Balaban J connectivity index is 1.77. The lowest BCUT2D eigenvalue weighted by molar-refractivity contribution is -0.136. The van der Waals surface area contributed by atoms with E-state index >= 15 is 0 Å². The number of benzene rings is 2.